The maximum absolute atomic E-state index is 11.2. The van der Waals surface area contributed by atoms with Crippen molar-refractivity contribution in [1.82, 2.24) is 9.97 Å². The summed E-state index contributed by atoms with van der Waals surface area (Å²) in [6.07, 6.45) is 1.40. The summed E-state index contributed by atoms with van der Waals surface area (Å²) in [5.74, 6) is 0.216. The molecule has 5 nitrogen and oxygen atoms in total. The van der Waals surface area contributed by atoms with Gasteiger partial charge in [-0.2, -0.15) is 0 Å². The third-order valence-corrected chi connectivity index (χ3v) is 3.77. The zero-order chi connectivity index (χ0) is 14.1. The molecule has 0 unspecified atom stereocenters. The number of aryl methyl sites for hydroxylation is 1. The molecule has 0 atom stereocenters. The predicted octanol–water partition coefficient (Wildman–Crippen LogP) is 2.87. The Hall–Kier alpha value is -2.47. The molecule has 0 radical (unpaired) electrons. The second kappa shape index (κ2) is 4.90. The Labute approximate surface area is 119 Å². The third kappa shape index (κ3) is 2.21. The Bertz CT molecular complexity index is 776. The molecule has 0 spiro atoms. The van der Waals surface area contributed by atoms with Gasteiger partial charge in [-0.15, -0.1) is 11.3 Å². The van der Waals surface area contributed by atoms with Crippen LogP contribution in [0.1, 0.15) is 16.1 Å². The van der Waals surface area contributed by atoms with Crippen LogP contribution in [0, 0.1) is 6.92 Å². The fourth-order valence-electron chi connectivity index (χ4n) is 1.86. The summed E-state index contributed by atoms with van der Waals surface area (Å²) in [6.45, 7) is 1.87. The van der Waals surface area contributed by atoms with Gasteiger partial charge in [0, 0.05) is 16.5 Å². The maximum Gasteiger partial charge on any atom is 0.248 e. The summed E-state index contributed by atoms with van der Waals surface area (Å²) < 4.78 is 5.32. The van der Waals surface area contributed by atoms with E-state index in [4.69, 9.17) is 10.2 Å². The summed E-state index contributed by atoms with van der Waals surface area (Å²) in [5, 5.41) is 2.71. The molecule has 0 aliphatic carbocycles. The van der Waals surface area contributed by atoms with Crippen molar-refractivity contribution in [3.63, 3.8) is 0 Å². The monoisotopic (exact) mass is 285 g/mol. The van der Waals surface area contributed by atoms with Crippen molar-refractivity contribution >= 4 is 17.2 Å². The van der Waals surface area contributed by atoms with Crippen LogP contribution in [0.25, 0.3) is 22.0 Å². The fraction of sp³-hybridized carbons (Fsp3) is 0.0714. The highest BCUT2D eigenvalue weighted by Crippen LogP contribution is 2.30. The van der Waals surface area contributed by atoms with Crippen LogP contribution in [0.4, 0.5) is 0 Å². The molecular weight excluding hydrogens is 274 g/mol. The van der Waals surface area contributed by atoms with Crippen molar-refractivity contribution < 1.29 is 9.21 Å². The Morgan fingerprint density at radius 1 is 1.40 bits per heavy atom. The number of hydrogen-bond acceptors (Lipinski definition) is 5. The van der Waals surface area contributed by atoms with E-state index in [9.17, 15) is 4.79 Å². The molecule has 100 valence electrons. The SMILES string of the molecule is Cc1ncoc1-c1csc(-c2cccc(C(N)=O)c2)n1. The third-order valence-electron chi connectivity index (χ3n) is 2.88. The minimum absolute atomic E-state index is 0.449. The van der Waals surface area contributed by atoms with E-state index < -0.39 is 5.91 Å². The number of nitrogens with two attached hydrogens (primary N) is 1. The van der Waals surface area contributed by atoms with Crippen molar-refractivity contribution in [2.45, 2.75) is 6.92 Å². The van der Waals surface area contributed by atoms with Gasteiger partial charge in [0.25, 0.3) is 0 Å². The van der Waals surface area contributed by atoms with Crippen molar-refractivity contribution in [3.05, 3.63) is 47.3 Å². The van der Waals surface area contributed by atoms with E-state index in [1.165, 1.54) is 17.7 Å². The van der Waals surface area contributed by atoms with E-state index in [1.807, 2.05) is 18.4 Å². The summed E-state index contributed by atoms with van der Waals surface area (Å²) in [6, 6.07) is 7.09. The molecule has 20 heavy (non-hydrogen) atoms. The van der Waals surface area contributed by atoms with Crippen molar-refractivity contribution in [1.29, 1.82) is 0 Å². The summed E-state index contributed by atoms with van der Waals surface area (Å²) in [4.78, 5) is 19.8. The zero-order valence-electron chi connectivity index (χ0n) is 10.7. The highest BCUT2D eigenvalue weighted by atomic mass is 32.1. The van der Waals surface area contributed by atoms with Crippen molar-refractivity contribution in [2.75, 3.05) is 0 Å². The van der Waals surface area contributed by atoms with Gasteiger partial charge in [-0.3, -0.25) is 4.79 Å². The van der Waals surface area contributed by atoms with Crippen LogP contribution in [0.2, 0.25) is 0 Å². The molecule has 0 bridgehead atoms. The lowest BCUT2D eigenvalue weighted by molar-refractivity contribution is 0.100. The summed E-state index contributed by atoms with van der Waals surface area (Å²) in [7, 11) is 0. The van der Waals surface area contributed by atoms with E-state index in [0.29, 0.717) is 11.3 Å². The number of rotatable bonds is 3. The molecular formula is C14H11N3O2S. The smallest absolute Gasteiger partial charge is 0.248 e. The van der Waals surface area contributed by atoms with Crippen LogP contribution < -0.4 is 5.73 Å². The molecule has 2 N–H and O–H groups in total. The van der Waals surface area contributed by atoms with Crippen LogP contribution in [0.15, 0.2) is 40.5 Å². The van der Waals surface area contributed by atoms with Gasteiger partial charge in [0.05, 0.1) is 5.69 Å². The number of carbonyl (C=O) groups excluding carboxylic acids is 1. The second-order valence-electron chi connectivity index (χ2n) is 4.25. The Morgan fingerprint density at radius 3 is 2.95 bits per heavy atom. The number of aromatic nitrogens is 2. The quantitative estimate of drug-likeness (QED) is 0.802. The minimum atomic E-state index is -0.449. The van der Waals surface area contributed by atoms with Crippen LogP contribution in [0.3, 0.4) is 0 Å². The van der Waals surface area contributed by atoms with Crippen LogP contribution in [-0.2, 0) is 0 Å². The first kappa shape index (κ1) is 12.6. The van der Waals surface area contributed by atoms with Gasteiger partial charge in [-0.1, -0.05) is 12.1 Å². The van der Waals surface area contributed by atoms with E-state index in [-0.39, 0.29) is 0 Å². The molecule has 1 amide bonds. The van der Waals surface area contributed by atoms with Crippen molar-refractivity contribution in [2.24, 2.45) is 5.73 Å². The van der Waals surface area contributed by atoms with Crippen LogP contribution in [-0.4, -0.2) is 15.9 Å². The molecule has 0 aliphatic rings. The fourth-order valence-corrected chi connectivity index (χ4v) is 2.66. The number of oxazole rings is 1. The average molecular weight is 285 g/mol. The number of benzene rings is 1. The largest absolute Gasteiger partial charge is 0.442 e. The topological polar surface area (TPSA) is 82.0 Å². The van der Waals surface area contributed by atoms with E-state index in [2.05, 4.69) is 9.97 Å². The lowest BCUT2D eigenvalue weighted by Gasteiger charge is -1.99. The number of nitrogens with zero attached hydrogens (tertiary/aromatic N) is 2. The van der Waals surface area contributed by atoms with E-state index in [0.717, 1.165) is 22.0 Å². The lowest BCUT2D eigenvalue weighted by atomic mass is 10.1. The first-order chi connectivity index (χ1) is 9.65. The molecule has 0 saturated carbocycles. The Balaban J connectivity index is 2.00. The number of thiazole rings is 1. The van der Waals surface area contributed by atoms with Gasteiger partial charge in [-0.25, -0.2) is 9.97 Å². The summed E-state index contributed by atoms with van der Waals surface area (Å²) in [5.41, 5.74) is 8.15. The van der Waals surface area contributed by atoms with Gasteiger partial charge in [0.1, 0.15) is 10.7 Å². The molecule has 2 heterocycles. The molecule has 3 rings (SSSR count). The van der Waals surface area contributed by atoms with Crippen molar-refractivity contribution in [3.8, 4) is 22.0 Å². The summed E-state index contributed by atoms with van der Waals surface area (Å²) >= 11 is 1.48. The van der Waals surface area contributed by atoms with Gasteiger partial charge < -0.3 is 10.2 Å². The molecule has 3 aromatic rings. The Kier molecular flexibility index (Phi) is 3.08. The van der Waals surface area contributed by atoms with Gasteiger partial charge >= 0.3 is 0 Å². The number of carbonyl (C=O) groups is 1. The first-order valence-electron chi connectivity index (χ1n) is 5.91. The van der Waals surface area contributed by atoms with Gasteiger partial charge in [0.2, 0.25) is 5.91 Å². The average Bonchev–Trinajstić information content (AvgIpc) is 3.07. The maximum atomic E-state index is 11.2. The van der Waals surface area contributed by atoms with Crippen LogP contribution in [0.5, 0.6) is 0 Å². The second-order valence-corrected chi connectivity index (χ2v) is 5.11. The first-order valence-corrected chi connectivity index (χ1v) is 6.79. The minimum Gasteiger partial charge on any atom is -0.442 e. The standard InChI is InChI=1S/C14H11N3O2S/c1-8-12(19-7-16-8)11-6-20-14(17-11)10-4-2-3-9(5-10)13(15)18/h2-7H,1H3,(H2,15,18). The van der Waals surface area contributed by atoms with E-state index >= 15 is 0 Å². The highest BCUT2D eigenvalue weighted by molar-refractivity contribution is 7.13. The van der Waals surface area contributed by atoms with Gasteiger partial charge in [-0.05, 0) is 19.1 Å². The number of amides is 1. The van der Waals surface area contributed by atoms with E-state index in [1.54, 1.807) is 18.2 Å². The molecule has 0 fully saturated rings. The highest BCUT2D eigenvalue weighted by Gasteiger charge is 2.13. The number of hydrogen-bond donors (Lipinski definition) is 1. The lowest BCUT2D eigenvalue weighted by Crippen LogP contribution is -2.10. The molecule has 0 aliphatic heterocycles. The number of primary amides is 1. The molecule has 0 saturated heterocycles. The zero-order valence-corrected chi connectivity index (χ0v) is 11.5. The van der Waals surface area contributed by atoms with Crippen LogP contribution >= 0.6 is 11.3 Å². The van der Waals surface area contributed by atoms with Gasteiger partial charge in [0.15, 0.2) is 12.2 Å². The molecule has 6 heteroatoms. The molecule has 1 aromatic carbocycles. The Morgan fingerprint density at radius 2 is 2.25 bits per heavy atom. The predicted molar refractivity (Wildman–Crippen MR) is 76.3 cm³/mol. The molecule has 2 aromatic heterocycles. The normalized spacial score (nSPS) is 10.7.